The van der Waals surface area contributed by atoms with Crippen LogP contribution in [0.15, 0.2) is 0 Å². The smallest absolute Gasteiger partial charge is 0.228 e. The van der Waals surface area contributed by atoms with Crippen molar-refractivity contribution >= 4 is 5.91 Å². The molecule has 3 rings (SSSR count). The van der Waals surface area contributed by atoms with Crippen molar-refractivity contribution in [2.75, 3.05) is 19.6 Å². The number of carbonyl (C=O) groups is 1. The minimum atomic E-state index is 0.0770. The summed E-state index contributed by atoms with van der Waals surface area (Å²) < 4.78 is 0. The van der Waals surface area contributed by atoms with Gasteiger partial charge in [-0.05, 0) is 44.6 Å². The number of fused-ring (bicyclic) bond motifs is 1. The zero-order chi connectivity index (χ0) is 11.9. The highest BCUT2D eigenvalue weighted by Crippen LogP contribution is 2.51. The number of hydrogen-bond acceptors (Lipinski definition) is 2. The van der Waals surface area contributed by atoms with E-state index >= 15 is 0 Å². The molecular formula is C14H24N2O. The molecule has 96 valence electrons. The zero-order valence-corrected chi connectivity index (χ0v) is 10.9. The fourth-order valence-corrected chi connectivity index (χ4v) is 3.77. The lowest BCUT2D eigenvalue weighted by Gasteiger charge is -2.37. The van der Waals surface area contributed by atoms with Crippen LogP contribution in [0.5, 0.6) is 0 Å². The zero-order valence-electron chi connectivity index (χ0n) is 10.9. The van der Waals surface area contributed by atoms with E-state index in [2.05, 4.69) is 17.1 Å². The van der Waals surface area contributed by atoms with Gasteiger partial charge in [0.15, 0.2) is 0 Å². The first kappa shape index (κ1) is 11.5. The molecule has 1 amide bonds. The van der Waals surface area contributed by atoms with Crippen molar-refractivity contribution in [2.24, 2.45) is 11.3 Å². The van der Waals surface area contributed by atoms with Crippen molar-refractivity contribution in [1.82, 2.24) is 10.2 Å². The van der Waals surface area contributed by atoms with Crippen LogP contribution in [-0.2, 0) is 4.79 Å². The van der Waals surface area contributed by atoms with E-state index in [-0.39, 0.29) is 5.41 Å². The van der Waals surface area contributed by atoms with Gasteiger partial charge in [0.1, 0.15) is 0 Å². The Morgan fingerprint density at radius 3 is 2.94 bits per heavy atom. The summed E-state index contributed by atoms with van der Waals surface area (Å²) in [6.45, 7) is 5.35. The number of likely N-dealkylation sites (tertiary alicyclic amines) is 1. The third-order valence-corrected chi connectivity index (χ3v) is 4.98. The highest BCUT2D eigenvalue weighted by atomic mass is 16.2. The Morgan fingerprint density at radius 1 is 1.41 bits per heavy atom. The summed E-state index contributed by atoms with van der Waals surface area (Å²) in [6.07, 6.45) is 6.96. The minimum absolute atomic E-state index is 0.0770. The van der Waals surface area contributed by atoms with E-state index < -0.39 is 0 Å². The topological polar surface area (TPSA) is 32.3 Å². The Hall–Kier alpha value is -0.570. The van der Waals surface area contributed by atoms with Crippen LogP contribution in [0.1, 0.15) is 45.4 Å². The van der Waals surface area contributed by atoms with Crippen LogP contribution in [0.3, 0.4) is 0 Å². The van der Waals surface area contributed by atoms with Crippen molar-refractivity contribution in [3.63, 3.8) is 0 Å². The van der Waals surface area contributed by atoms with Gasteiger partial charge >= 0.3 is 0 Å². The van der Waals surface area contributed by atoms with Gasteiger partial charge in [0.2, 0.25) is 5.91 Å². The van der Waals surface area contributed by atoms with Gasteiger partial charge in [-0.25, -0.2) is 0 Å². The lowest BCUT2D eigenvalue weighted by molar-refractivity contribution is -0.139. The summed E-state index contributed by atoms with van der Waals surface area (Å²) in [4.78, 5) is 14.7. The summed E-state index contributed by atoms with van der Waals surface area (Å²) in [7, 11) is 0. The standard InChI is InChI=1S/C14H24N2O/c1-2-5-14(6-7-14)13(17)16-9-4-12-11(10-16)3-8-15-12/h11-12,15H,2-10H2,1H3. The SMILES string of the molecule is CCCC1(C(=O)N2CCC3NCCC3C2)CC1. The molecule has 0 aromatic carbocycles. The van der Waals surface area contributed by atoms with E-state index in [1.165, 1.54) is 12.8 Å². The molecular weight excluding hydrogens is 212 g/mol. The Bertz CT molecular complexity index is 311. The first-order chi connectivity index (χ1) is 8.25. The molecule has 1 aliphatic carbocycles. The number of carbonyl (C=O) groups excluding carboxylic acids is 1. The van der Waals surface area contributed by atoms with Gasteiger partial charge in [-0.1, -0.05) is 13.3 Å². The predicted molar refractivity (Wildman–Crippen MR) is 67.7 cm³/mol. The number of hydrogen-bond donors (Lipinski definition) is 1. The van der Waals surface area contributed by atoms with Gasteiger partial charge in [-0.3, -0.25) is 4.79 Å². The highest BCUT2D eigenvalue weighted by Gasteiger charge is 2.51. The van der Waals surface area contributed by atoms with Gasteiger partial charge in [-0.15, -0.1) is 0 Å². The molecule has 2 unspecified atom stereocenters. The maximum atomic E-state index is 12.6. The van der Waals surface area contributed by atoms with Crippen molar-refractivity contribution in [1.29, 1.82) is 0 Å². The Labute approximate surface area is 104 Å². The molecule has 2 heterocycles. The normalized spacial score (nSPS) is 34.5. The van der Waals surface area contributed by atoms with Crippen molar-refractivity contribution in [2.45, 2.75) is 51.5 Å². The van der Waals surface area contributed by atoms with Gasteiger partial charge in [0.25, 0.3) is 0 Å². The van der Waals surface area contributed by atoms with Crippen LogP contribution >= 0.6 is 0 Å². The molecule has 0 aromatic rings. The first-order valence-corrected chi connectivity index (χ1v) is 7.28. The summed E-state index contributed by atoms with van der Waals surface area (Å²) in [5, 5.41) is 3.56. The molecule has 1 N–H and O–H groups in total. The summed E-state index contributed by atoms with van der Waals surface area (Å²) in [5.41, 5.74) is 0.0770. The third kappa shape index (κ3) is 1.99. The largest absolute Gasteiger partial charge is 0.342 e. The van der Waals surface area contributed by atoms with Crippen LogP contribution in [0.4, 0.5) is 0 Å². The average molecular weight is 236 g/mol. The van der Waals surface area contributed by atoms with Crippen LogP contribution in [-0.4, -0.2) is 36.5 Å². The number of nitrogens with one attached hydrogen (secondary N) is 1. The van der Waals surface area contributed by atoms with E-state index in [1.807, 2.05) is 0 Å². The van der Waals surface area contributed by atoms with E-state index in [1.54, 1.807) is 0 Å². The Balaban J connectivity index is 1.63. The van der Waals surface area contributed by atoms with E-state index in [0.29, 0.717) is 11.9 Å². The van der Waals surface area contributed by atoms with Crippen LogP contribution in [0.25, 0.3) is 0 Å². The molecule has 3 aliphatic rings. The molecule has 3 fully saturated rings. The molecule has 2 atom stereocenters. The van der Waals surface area contributed by atoms with E-state index in [9.17, 15) is 4.79 Å². The van der Waals surface area contributed by atoms with Crippen LogP contribution in [0, 0.1) is 11.3 Å². The average Bonchev–Trinajstić information content (AvgIpc) is 2.97. The minimum Gasteiger partial charge on any atom is -0.342 e. The fourth-order valence-electron chi connectivity index (χ4n) is 3.77. The van der Waals surface area contributed by atoms with Gasteiger partial charge in [0, 0.05) is 24.5 Å². The molecule has 3 nitrogen and oxygen atoms in total. The highest BCUT2D eigenvalue weighted by molar-refractivity contribution is 5.85. The van der Waals surface area contributed by atoms with Crippen molar-refractivity contribution in [3.8, 4) is 0 Å². The number of nitrogens with zero attached hydrogens (tertiary/aromatic N) is 1. The van der Waals surface area contributed by atoms with Crippen molar-refractivity contribution in [3.05, 3.63) is 0 Å². The maximum absolute atomic E-state index is 12.6. The number of piperidine rings is 1. The second-order valence-electron chi connectivity index (χ2n) is 6.18. The number of rotatable bonds is 3. The lowest BCUT2D eigenvalue weighted by Crippen LogP contribution is -2.49. The summed E-state index contributed by atoms with van der Waals surface area (Å²) in [5.74, 6) is 1.20. The molecule has 2 saturated heterocycles. The van der Waals surface area contributed by atoms with Crippen molar-refractivity contribution < 1.29 is 4.79 Å². The van der Waals surface area contributed by atoms with Gasteiger partial charge in [-0.2, -0.15) is 0 Å². The van der Waals surface area contributed by atoms with Gasteiger partial charge in [0.05, 0.1) is 0 Å². The lowest BCUT2D eigenvalue weighted by atomic mass is 9.91. The maximum Gasteiger partial charge on any atom is 0.228 e. The van der Waals surface area contributed by atoms with E-state index in [4.69, 9.17) is 0 Å². The molecule has 0 spiro atoms. The molecule has 0 radical (unpaired) electrons. The van der Waals surface area contributed by atoms with Crippen LogP contribution in [0.2, 0.25) is 0 Å². The molecule has 0 aromatic heterocycles. The van der Waals surface area contributed by atoms with E-state index in [0.717, 1.165) is 51.2 Å². The molecule has 2 aliphatic heterocycles. The number of amides is 1. The molecule has 1 saturated carbocycles. The summed E-state index contributed by atoms with van der Waals surface area (Å²) in [6, 6.07) is 0.695. The van der Waals surface area contributed by atoms with Crippen LogP contribution < -0.4 is 5.32 Å². The monoisotopic (exact) mass is 236 g/mol. The Kier molecular flexibility index (Phi) is 2.89. The summed E-state index contributed by atoms with van der Waals surface area (Å²) >= 11 is 0. The quantitative estimate of drug-likeness (QED) is 0.810. The second kappa shape index (κ2) is 4.27. The van der Waals surface area contributed by atoms with Gasteiger partial charge < -0.3 is 10.2 Å². The molecule has 3 heteroatoms. The predicted octanol–water partition coefficient (Wildman–Crippen LogP) is 1.78. The fraction of sp³-hybridized carbons (Fsp3) is 0.929. The Morgan fingerprint density at radius 2 is 2.24 bits per heavy atom. The first-order valence-electron chi connectivity index (χ1n) is 7.28. The molecule has 0 bridgehead atoms. The third-order valence-electron chi connectivity index (χ3n) is 4.98. The molecule has 17 heavy (non-hydrogen) atoms. The second-order valence-corrected chi connectivity index (χ2v) is 6.18.